The fourth-order valence-corrected chi connectivity index (χ4v) is 6.41. The molecule has 0 radical (unpaired) electrons. The lowest BCUT2D eigenvalue weighted by atomic mass is 9.86. The van der Waals surface area contributed by atoms with Crippen molar-refractivity contribution < 1.29 is 36.3 Å². The van der Waals surface area contributed by atoms with Crippen molar-refractivity contribution in [2.24, 2.45) is 5.73 Å². The minimum absolute atomic E-state index is 0.0315. The van der Waals surface area contributed by atoms with Gasteiger partial charge >= 0.3 is 6.11 Å². The first-order chi connectivity index (χ1) is 24.0. The summed E-state index contributed by atoms with van der Waals surface area (Å²) in [5, 5.41) is 4.21. The summed E-state index contributed by atoms with van der Waals surface area (Å²) in [6.07, 6.45) is 1.13. The maximum Gasteiger partial charge on any atom is 0.402 e. The van der Waals surface area contributed by atoms with Gasteiger partial charge in [0, 0.05) is 47.6 Å². The number of halogens is 5. The number of pyridine rings is 2. The minimum atomic E-state index is -3.75. The number of primary amides is 1. The number of hydrogen-bond donors (Lipinski definition) is 1. The Hall–Kier alpha value is -5.30. The Balaban J connectivity index is 1.32. The van der Waals surface area contributed by atoms with E-state index in [0.29, 0.717) is 53.0 Å². The molecule has 0 saturated carbocycles. The second kappa shape index (κ2) is 14.7. The highest BCUT2D eigenvalue weighted by molar-refractivity contribution is 5.94. The first-order valence-corrected chi connectivity index (χ1v) is 16.0. The van der Waals surface area contributed by atoms with Crippen LogP contribution in [0.5, 0.6) is 0 Å². The fourth-order valence-electron chi connectivity index (χ4n) is 6.41. The summed E-state index contributed by atoms with van der Waals surface area (Å²) >= 11 is 0. The molecule has 1 aliphatic rings. The van der Waals surface area contributed by atoms with Gasteiger partial charge in [-0.3, -0.25) is 24.2 Å². The molecule has 0 bridgehead atoms. The lowest BCUT2D eigenvalue weighted by molar-refractivity contribution is -0.259. The molecule has 0 saturated heterocycles. The zero-order chi connectivity index (χ0) is 35.4. The van der Waals surface area contributed by atoms with E-state index in [4.69, 9.17) is 10.5 Å². The molecule has 0 unspecified atom stereocenters. The summed E-state index contributed by atoms with van der Waals surface area (Å²) in [5.74, 6) is -4.60. The Bertz CT molecular complexity index is 2020. The number of nitrogens with two attached hydrogens (primary N) is 1. The van der Waals surface area contributed by atoms with Crippen LogP contribution in [-0.4, -0.2) is 31.4 Å². The normalized spacial score (nSPS) is 13.5. The molecule has 258 valence electrons. The van der Waals surface area contributed by atoms with E-state index in [9.17, 15) is 22.8 Å². The van der Waals surface area contributed by atoms with Gasteiger partial charge in [-0.2, -0.15) is 13.9 Å². The third-order valence-corrected chi connectivity index (χ3v) is 8.63. The van der Waals surface area contributed by atoms with Crippen LogP contribution in [0.4, 0.5) is 22.0 Å². The number of amides is 1. The highest BCUT2D eigenvalue weighted by Gasteiger charge is 2.41. The van der Waals surface area contributed by atoms with Crippen molar-refractivity contribution in [3.8, 4) is 11.1 Å². The summed E-state index contributed by atoms with van der Waals surface area (Å²) in [6.45, 7) is -0.796. The molecule has 6 rings (SSSR count). The number of ether oxygens (including phenoxy) is 1. The molecule has 1 amide bonds. The van der Waals surface area contributed by atoms with Crippen molar-refractivity contribution in [1.29, 1.82) is 0 Å². The lowest BCUT2D eigenvalue weighted by Gasteiger charge is -2.20. The van der Waals surface area contributed by atoms with Gasteiger partial charge in [0.05, 0.1) is 30.1 Å². The number of benzene rings is 2. The van der Waals surface area contributed by atoms with Gasteiger partial charge in [0.2, 0.25) is 0 Å². The van der Waals surface area contributed by atoms with Crippen molar-refractivity contribution in [2.75, 3.05) is 0 Å². The fraction of sp³-hybridized carbons (Fsp3) is 0.270. The number of alkyl halides is 2. The standard InChI is InChI=1S/C37H32F5N5O3/c38-25-15-22(16-26(39)19-25)14-24(34-29(8-5-13-45-34)23-10-11-32(40)31(18-23)36(43)49)17-28(48)20-47-33-9-2-1-7-30(33)35(46-47)37(41,42)50-21-27-6-3-4-12-44-27/h3-6,8,10-13,15-16,18-19,24H,1-2,7,9,14,17,20-21H2,(H2,43,49)/t24-/m1/s1. The Morgan fingerprint density at radius 1 is 0.920 bits per heavy atom. The Morgan fingerprint density at radius 3 is 2.42 bits per heavy atom. The van der Waals surface area contributed by atoms with Crippen LogP contribution in [0.2, 0.25) is 0 Å². The van der Waals surface area contributed by atoms with E-state index in [1.807, 2.05) is 0 Å². The molecule has 0 spiro atoms. The predicted molar refractivity (Wildman–Crippen MR) is 172 cm³/mol. The number of carbonyl (C=O) groups is 2. The van der Waals surface area contributed by atoms with Crippen LogP contribution in [0.3, 0.4) is 0 Å². The number of Topliss-reactive ketones (excluding diaryl/α,β-unsaturated/α-hetero) is 1. The van der Waals surface area contributed by atoms with E-state index >= 15 is 8.78 Å². The molecule has 5 aromatic rings. The average molecular weight is 690 g/mol. The maximum atomic E-state index is 15.5. The number of aromatic nitrogens is 4. The Morgan fingerprint density at radius 2 is 1.68 bits per heavy atom. The van der Waals surface area contributed by atoms with Crippen LogP contribution < -0.4 is 5.73 Å². The van der Waals surface area contributed by atoms with E-state index in [-0.39, 0.29) is 30.5 Å². The molecule has 1 atom stereocenters. The summed E-state index contributed by atoms with van der Waals surface area (Å²) in [7, 11) is 0. The van der Waals surface area contributed by atoms with Crippen molar-refractivity contribution in [2.45, 2.75) is 63.7 Å². The van der Waals surface area contributed by atoms with Gasteiger partial charge in [0.15, 0.2) is 11.5 Å². The van der Waals surface area contributed by atoms with E-state index in [0.717, 1.165) is 30.7 Å². The molecule has 3 heterocycles. The molecule has 0 aliphatic heterocycles. The predicted octanol–water partition coefficient (Wildman–Crippen LogP) is 6.99. The Labute approximate surface area is 284 Å². The number of nitrogens with zero attached hydrogens (tertiary/aromatic N) is 4. The van der Waals surface area contributed by atoms with Crippen LogP contribution in [0, 0.1) is 17.5 Å². The monoisotopic (exact) mass is 689 g/mol. The zero-order valence-electron chi connectivity index (χ0n) is 26.7. The summed E-state index contributed by atoms with van der Waals surface area (Å²) in [5.41, 5.74) is 7.07. The second-order valence-electron chi connectivity index (χ2n) is 12.2. The Kier molecular flexibility index (Phi) is 10.1. The number of hydrogen-bond acceptors (Lipinski definition) is 6. The smallest absolute Gasteiger partial charge is 0.366 e. The number of fused-ring (bicyclic) bond motifs is 1. The third kappa shape index (κ3) is 7.78. The first kappa shape index (κ1) is 34.6. The van der Waals surface area contributed by atoms with Crippen LogP contribution in [-0.2, 0) is 48.1 Å². The largest absolute Gasteiger partial charge is 0.402 e. The second-order valence-corrected chi connectivity index (χ2v) is 12.2. The molecule has 50 heavy (non-hydrogen) atoms. The van der Waals surface area contributed by atoms with E-state index in [1.165, 1.54) is 29.2 Å². The van der Waals surface area contributed by atoms with Crippen molar-refractivity contribution in [3.05, 3.63) is 136 Å². The van der Waals surface area contributed by atoms with Crippen LogP contribution in [0.25, 0.3) is 11.1 Å². The third-order valence-electron chi connectivity index (χ3n) is 8.63. The van der Waals surface area contributed by atoms with Crippen molar-refractivity contribution >= 4 is 11.7 Å². The van der Waals surface area contributed by atoms with Gasteiger partial charge in [-0.1, -0.05) is 18.2 Å². The van der Waals surface area contributed by atoms with E-state index in [2.05, 4.69) is 15.1 Å². The van der Waals surface area contributed by atoms with Crippen molar-refractivity contribution in [1.82, 2.24) is 19.7 Å². The van der Waals surface area contributed by atoms with Gasteiger partial charge in [-0.05, 0) is 85.7 Å². The lowest BCUT2D eigenvalue weighted by Crippen LogP contribution is -2.22. The summed E-state index contributed by atoms with van der Waals surface area (Å²) < 4.78 is 80.2. The van der Waals surface area contributed by atoms with Gasteiger partial charge in [-0.25, -0.2) is 13.2 Å². The van der Waals surface area contributed by atoms with Gasteiger partial charge in [-0.15, -0.1) is 0 Å². The number of carbonyl (C=O) groups excluding carboxylic acids is 2. The topological polar surface area (TPSA) is 113 Å². The number of rotatable bonds is 13. The number of ketones is 1. The average Bonchev–Trinajstić information content (AvgIpc) is 3.46. The molecule has 13 heteroatoms. The highest BCUT2D eigenvalue weighted by Crippen LogP contribution is 2.37. The quantitative estimate of drug-likeness (QED) is 0.134. The molecule has 2 N–H and O–H groups in total. The van der Waals surface area contributed by atoms with Crippen LogP contribution >= 0.6 is 0 Å². The minimum Gasteiger partial charge on any atom is -0.366 e. The molecule has 1 aliphatic carbocycles. The summed E-state index contributed by atoms with van der Waals surface area (Å²) in [6, 6.07) is 15.0. The maximum absolute atomic E-state index is 15.5. The van der Waals surface area contributed by atoms with Gasteiger partial charge < -0.3 is 10.5 Å². The van der Waals surface area contributed by atoms with E-state index < -0.39 is 53.5 Å². The molecular formula is C37H32F5N5O3. The van der Waals surface area contributed by atoms with E-state index in [1.54, 1.807) is 30.3 Å². The zero-order valence-corrected chi connectivity index (χ0v) is 26.7. The molecule has 2 aromatic carbocycles. The van der Waals surface area contributed by atoms with Crippen LogP contribution in [0.15, 0.2) is 79.1 Å². The first-order valence-electron chi connectivity index (χ1n) is 16.0. The highest BCUT2D eigenvalue weighted by atomic mass is 19.3. The molecule has 3 aromatic heterocycles. The van der Waals surface area contributed by atoms with Gasteiger partial charge in [0.25, 0.3) is 5.91 Å². The molecule has 8 nitrogen and oxygen atoms in total. The summed E-state index contributed by atoms with van der Waals surface area (Å²) in [4.78, 5) is 34.3. The molecule has 0 fully saturated rings. The van der Waals surface area contributed by atoms with Gasteiger partial charge in [0.1, 0.15) is 17.5 Å². The van der Waals surface area contributed by atoms with Crippen molar-refractivity contribution in [3.63, 3.8) is 0 Å². The van der Waals surface area contributed by atoms with Crippen LogP contribution in [0.1, 0.15) is 69.4 Å². The SMILES string of the molecule is NC(=O)c1cc(-c2cccnc2[C@@H](CC(=O)Cn2nc(C(F)(F)OCc3ccccn3)c3c2CCCC3)Cc2cc(F)cc(F)c2)ccc1F. The molecular weight excluding hydrogens is 657 g/mol.